The van der Waals surface area contributed by atoms with Gasteiger partial charge in [-0.3, -0.25) is 4.79 Å². The van der Waals surface area contributed by atoms with Crippen molar-refractivity contribution in [1.29, 1.82) is 0 Å². The zero-order valence-corrected chi connectivity index (χ0v) is 9.51. The van der Waals surface area contributed by atoms with Gasteiger partial charge in [0.15, 0.2) is 0 Å². The van der Waals surface area contributed by atoms with E-state index in [4.69, 9.17) is 0 Å². The first kappa shape index (κ1) is 10.2. The molecule has 2 fully saturated rings. The van der Waals surface area contributed by atoms with E-state index in [9.17, 15) is 4.79 Å². The molecule has 2 aliphatic carbocycles. The van der Waals surface area contributed by atoms with E-state index < -0.39 is 0 Å². The largest absolute Gasteiger partial charge is 0.299 e. The first-order valence-corrected chi connectivity index (χ1v) is 6.17. The molecule has 0 amide bonds. The molecule has 0 bridgehead atoms. The average molecular weight is 194 g/mol. The molecule has 0 aromatic rings. The number of Topliss-reactive ketones (excluding diaryl/α,β-unsaturated/α-hetero) is 1. The van der Waals surface area contributed by atoms with Crippen LogP contribution in [0.15, 0.2) is 0 Å². The Morgan fingerprint density at radius 2 is 1.71 bits per heavy atom. The minimum absolute atomic E-state index is 0.246. The fourth-order valence-corrected chi connectivity index (χ4v) is 3.16. The molecule has 2 saturated carbocycles. The zero-order valence-electron chi connectivity index (χ0n) is 9.51. The van der Waals surface area contributed by atoms with Gasteiger partial charge in [0.1, 0.15) is 5.78 Å². The van der Waals surface area contributed by atoms with Crippen molar-refractivity contribution in [1.82, 2.24) is 0 Å². The van der Waals surface area contributed by atoms with Gasteiger partial charge in [-0.15, -0.1) is 0 Å². The van der Waals surface area contributed by atoms with E-state index in [1.54, 1.807) is 0 Å². The lowest BCUT2D eigenvalue weighted by Crippen LogP contribution is -2.36. The average Bonchev–Trinajstić information content (AvgIpc) is 2.14. The monoisotopic (exact) mass is 194 g/mol. The third kappa shape index (κ3) is 1.74. The smallest absolute Gasteiger partial charge is 0.138 e. The van der Waals surface area contributed by atoms with Gasteiger partial charge in [-0.2, -0.15) is 0 Å². The number of hydrogen-bond acceptors (Lipinski definition) is 1. The van der Waals surface area contributed by atoms with Gasteiger partial charge < -0.3 is 0 Å². The van der Waals surface area contributed by atoms with Gasteiger partial charge in [0.25, 0.3) is 0 Å². The molecule has 0 heterocycles. The lowest BCUT2D eigenvalue weighted by atomic mass is 9.58. The number of carbonyl (C=O) groups is 1. The van der Waals surface area contributed by atoms with Gasteiger partial charge in [-0.25, -0.2) is 0 Å². The Kier molecular flexibility index (Phi) is 2.68. The molecule has 0 N–H and O–H groups in total. The van der Waals surface area contributed by atoms with Crippen molar-refractivity contribution in [3.63, 3.8) is 0 Å². The predicted octanol–water partition coefficient (Wildman–Crippen LogP) is 3.57. The molecular weight excluding hydrogens is 172 g/mol. The SMILES string of the molecule is CC(C)C(=O)C1CCC2(CCC2)CC1. The summed E-state index contributed by atoms with van der Waals surface area (Å²) in [5, 5.41) is 0. The zero-order chi connectivity index (χ0) is 10.2. The second kappa shape index (κ2) is 3.67. The maximum absolute atomic E-state index is 11.8. The van der Waals surface area contributed by atoms with Crippen LogP contribution in [-0.2, 0) is 4.79 Å². The van der Waals surface area contributed by atoms with Crippen molar-refractivity contribution in [3.8, 4) is 0 Å². The molecule has 1 heteroatoms. The third-order valence-electron chi connectivity index (χ3n) is 4.43. The van der Waals surface area contributed by atoms with E-state index >= 15 is 0 Å². The van der Waals surface area contributed by atoms with Crippen LogP contribution < -0.4 is 0 Å². The summed E-state index contributed by atoms with van der Waals surface area (Å²) in [5.41, 5.74) is 0.702. The van der Waals surface area contributed by atoms with Crippen LogP contribution in [0.2, 0.25) is 0 Å². The van der Waals surface area contributed by atoms with E-state index in [1.165, 1.54) is 44.9 Å². The maximum Gasteiger partial charge on any atom is 0.138 e. The molecule has 1 spiro atoms. The first-order valence-electron chi connectivity index (χ1n) is 6.17. The minimum Gasteiger partial charge on any atom is -0.299 e. The quantitative estimate of drug-likeness (QED) is 0.656. The van der Waals surface area contributed by atoms with E-state index in [-0.39, 0.29) is 5.92 Å². The Labute approximate surface area is 87.3 Å². The molecule has 0 unspecified atom stereocenters. The van der Waals surface area contributed by atoms with E-state index in [2.05, 4.69) is 0 Å². The van der Waals surface area contributed by atoms with Crippen LogP contribution in [0.1, 0.15) is 58.8 Å². The van der Waals surface area contributed by atoms with Gasteiger partial charge in [0, 0.05) is 11.8 Å². The molecule has 0 aromatic carbocycles. The van der Waals surface area contributed by atoms with E-state index in [0.717, 1.165) is 0 Å². The Bertz CT molecular complexity index is 215. The van der Waals surface area contributed by atoms with E-state index in [1.807, 2.05) is 13.8 Å². The molecule has 80 valence electrons. The second-order valence-corrected chi connectivity index (χ2v) is 5.68. The molecule has 2 rings (SSSR count). The van der Waals surface area contributed by atoms with Crippen molar-refractivity contribution >= 4 is 5.78 Å². The van der Waals surface area contributed by atoms with Crippen LogP contribution in [0, 0.1) is 17.3 Å². The number of rotatable bonds is 2. The van der Waals surface area contributed by atoms with Crippen molar-refractivity contribution in [2.45, 2.75) is 58.8 Å². The van der Waals surface area contributed by atoms with Gasteiger partial charge in [0.2, 0.25) is 0 Å². The molecule has 0 saturated heterocycles. The van der Waals surface area contributed by atoms with Gasteiger partial charge in [0.05, 0.1) is 0 Å². The Balaban J connectivity index is 1.86. The summed E-state index contributed by atoms with van der Waals surface area (Å²) < 4.78 is 0. The normalized spacial score (nSPS) is 26.5. The summed E-state index contributed by atoms with van der Waals surface area (Å²) >= 11 is 0. The molecule has 0 radical (unpaired) electrons. The standard InChI is InChI=1S/C13H22O/c1-10(2)12(14)11-4-8-13(9-5-11)6-3-7-13/h10-11H,3-9H2,1-2H3. The lowest BCUT2D eigenvalue weighted by Gasteiger charge is -2.47. The summed E-state index contributed by atoms with van der Waals surface area (Å²) in [5.74, 6) is 1.16. The maximum atomic E-state index is 11.8. The molecule has 0 aromatic heterocycles. The summed E-state index contributed by atoms with van der Waals surface area (Å²) in [4.78, 5) is 11.8. The molecule has 0 atom stereocenters. The van der Waals surface area contributed by atoms with E-state index in [0.29, 0.717) is 17.1 Å². The molecule has 0 aliphatic heterocycles. The van der Waals surface area contributed by atoms with Crippen molar-refractivity contribution in [3.05, 3.63) is 0 Å². The van der Waals surface area contributed by atoms with Crippen LogP contribution in [-0.4, -0.2) is 5.78 Å². The van der Waals surface area contributed by atoms with Crippen LogP contribution in [0.5, 0.6) is 0 Å². The topological polar surface area (TPSA) is 17.1 Å². The van der Waals surface area contributed by atoms with Crippen LogP contribution >= 0.6 is 0 Å². The highest BCUT2D eigenvalue weighted by atomic mass is 16.1. The predicted molar refractivity (Wildman–Crippen MR) is 58.1 cm³/mol. The minimum atomic E-state index is 0.246. The highest BCUT2D eigenvalue weighted by Crippen LogP contribution is 2.52. The summed E-state index contributed by atoms with van der Waals surface area (Å²) in [6.07, 6.45) is 9.33. The fraction of sp³-hybridized carbons (Fsp3) is 0.923. The van der Waals surface area contributed by atoms with Crippen molar-refractivity contribution in [2.24, 2.45) is 17.3 Å². The summed E-state index contributed by atoms with van der Waals surface area (Å²) in [7, 11) is 0. The van der Waals surface area contributed by atoms with Crippen LogP contribution in [0.3, 0.4) is 0 Å². The molecule has 1 nitrogen and oxygen atoms in total. The Morgan fingerprint density at radius 1 is 1.14 bits per heavy atom. The highest BCUT2D eigenvalue weighted by molar-refractivity contribution is 5.82. The van der Waals surface area contributed by atoms with Gasteiger partial charge in [-0.05, 0) is 43.9 Å². The van der Waals surface area contributed by atoms with Crippen molar-refractivity contribution in [2.75, 3.05) is 0 Å². The first-order chi connectivity index (χ1) is 6.63. The molecule has 2 aliphatic rings. The fourth-order valence-electron chi connectivity index (χ4n) is 3.16. The van der Waals surface area contributed by atoms with Gasteiger partial charge in [-0.1, -0.05) is 20.3 Å². The molecular formula is C13H22O. The Hall–Kier alpha value is -0.330. The number of ketones is 1. The highest BCUT2D eigenvalue weighted by Gasteiger charge is 2.41. The van der Waals surface area contributed by atoms with Crippen LogP contribution in [0.4, 0.5) is 0 Å². The Morgan fingerprint density at radius 3 is 2.07 bits per heavy atom. The lowest BCUT2D eigenvalue weighted by molar-refractivity contribution is -0.128. The van der Waals surface area contributed by atoms with Crippen molar-refractivity contribution < 1.29 is 4.79 Å². The summed E-state index contributed by atoms with van der Waals surface area (Å²) in [6.45, 7) is 4.08. The number of carbonyl (C=O) groups excluding carboxylic acids is 1. The van der Waals surface area contributed by atoms with Gasteiger partial charge >= 0.3 is 0 Å². The molecule has 14 heavy (non-hydrogen) atoms. The number of hydrogen-bond donors (Lipinski definition) is 0. The third-order valence-corrected chi connectivity index (χ3v) is 4.43. The second-order valence-electron chi connectivity index (χ2n) is 5.68. The summed E-state index contributed by atoms with van der Waals surface area (Å²) in [6, 6.07) is 0. The van der Waals surface area contributed by atoms with Crippen LogP contribution in [0.25, 0.3) is 0 Å².